The minimum Gasteiger partial charge on any atom is -0.496 e. The third-order valence-electron chi connectivity index (χ3n) is 3.41. The first-order valence-corrected chi connectivity index (χ1v) is 7.10. The molecule has 1 saturated heterocycles. The van der Waals surface area contributed by atoms with Crippen LogP contribution in [0.3, 0.4) is 0 Å². The summed E-state index contributed by atoms with van der Waals surface area (Å²) in [7, 11) is 1.72. The molecule has 3 nitrogen and oxygen atoms in total. The molecule has 0 saturated carbocycles. The molecule has 0 amide bonds. The Kier molecular flexibility index (Phi) is 4.30. The predicted octanol–water partition coefficient (Wildman–Crippen LogP) is 2.69. The van der Waals surface area contributed by atoms with Gasteiger partial charge in [-0.25, -0.2) is 0 Å². The van der Waals surface area contributed by atoms with E-state index in [1.165, 1.54) is 5.56 Å². The van der Waals surface area contributed by atoms with Crippen molar-refractivity contribution < 1.29 is 4.74 Å². The fraction of sp³-hybridized carbons (Fsp3) is 0.571. The SMILES string of the molecule is COc1ccc(Br)cc1CNC1CNC(C)(C)C1. The van der Waals surface area contributed by atoms with Crippen molar-refractivity contribution in [2.24, 2.45) is 0 Å². The van der Waals surface area contributed by atoms with Crippen LogP contribution >= 0.6 is 15.9 Å². The highest BCUT2D eigenvalue weighted by Gasteiger charge is 2.29. The van der Waals surface area contributed by atoms with Gasteiger partial charge in [0.1, 0.15) is 5.75 Å². The zero-order valence-electron chi connectivity index (χ0n) is 11.2. The lowest BCUT2D eigenvalue weighted by Crippen LogP contribution is -2.31. The van der Waals surface area contributed by atoms with Crippen molar-refractivity contribution in [1.82, 2.24) is 10.6 Å². The van der Waals surface area contributed by atoms with Crippen LogP contribution in [0.15, 0.2) is 22.7 Å². The van der Waals surface area contributed by atoms with Gasteiger partial charge in [0.25, 0.3) is 0 Å². The van der Waals surface area contributed by atoms with E-state index in [2.05, 4.69) is 46.5 Å². The van der Waals surface area contributed by atoms with E-state index in [-0.39, 0.29) is 5.54 Å². The molecule has 100 valence electrons. The molecular formula is C14H21BrN2O. The molecule has 0 aromatic heterocycles. The highest BCUT2D eigenvalue weighted by atomic mass is 79.9. The standard InChI is InChI=1S/C14H21BrN2O/c1-14(2)7-12(9-17-14)16-8-10-6-11(15)4-5-13(10)18-3/h4-6,12,16-17H,7-9H2,1-3H3. The first-order chi connectivity index (χ1) is 8.50. The van der Waals surface area contributed by atoms with Crippen molar-refractivity contribution in [3.63, 3.8) is 0 Å². The van der Waals surface area contributed by atoms with Crippen LogP contribution in [-0.4, -0.2) is 25.2 Å². The molecule has 0 bridgehead atoms. The summed E-state index contributed by atoms with van der Waals surface area (Å²) in [4.78, 5) is 0. The Hall–Kier alpha value is -0.580. The molecule has 0 radical (unpaired) electrons. The van der Waals surface area contributed by atoms with Gasteiger partial charge in [-0.05, 0) is 38.5 Å². The van der Waals surface area contributed by atoms with Gasteiger partial charge in [0, 0.05) is 34.7 Å². The average molecular weight is 313 g/mol. The van der Waals surface area contributed by atoms with Gasteiger partial charge in [-0.1, -0.05) is 15.9 Å². The molecule has 1 unspecified atom stereocenters. The summed E-state index contributed by atoms with van der Waals surface area (Å²) < 4.78 is 6.47. The Morgan fingerprint density at radius 3 is 2.89 bits per heavy atom. The van der Waals surface area contributed by atoms with Gasteiger partial charge in [-0.2, -0.15) is 0 Å². The second-order valence-electron chi connectivity index (χ2n) is 5.50. The first kappa shape index (κ1) is 13.8. The molecule has 0 spiro atoms. The summed E-state index contributed by atoms with van der Waals surface area (Å²) in [6.07, 6.45) is 1.16. The van der Waals surface area contributed by atoms with E-state index < -0.39 is 0 Å². The van der Waals surface area contributed by atoms with Gasteiger partial charge >= 0.3 is 0 Å². The van der Waals surface area contributed by atoms with Crippen molar-refractivity contribution in [1.29, 1.82) is 0 Å². The number of methoxy groups -OCH3 is 1. The van der Waals surface area contributed by atoms with Gasteiger partial charge in [0.15, 0.2) is 0 Å². The summed E-state index contributed by atoms with van der Waals surface area (Å²) in [6, 6.07) is 6.64. The summed E-state index contributed by atoms with van der Waals surface area (Å²) in [6.45, 7) is 6.36. The maximum absolute atomic E-state index is 5.38. The number of nitrogens with one attached hydrogen (secondary N) is 2. The minimum absolute atomic E-state index is 0.249. The normalized spacial score (nSPS) is 22.1. The van der Waals surface area contributed by atoms with Crippen LogP contribution in [0.4, 0.5) is 0 Å². The van der Waals surface area contributed by atoms with Crippen molar-refractivity contribution in [3.8, 4) is 5.75 Å². The summed E-state index contributed by atoms with van der Waals surface area (Å²) in [5, 5.41) is 7.11. The lowest BCUT2D eigenvalue weighted by Gasteiger charge is -2.18. The van der Waals surface area contributed by atoms with Gasteiger partial charge < -0.3 is 15.4 Å². The second-order valence-corrected chi connectivity index (χ2v) is 6.42. The average Bonchev–Trinajstić information content (AvgIpc) is 2.66. The Balaban J connectivity index is 1.96. The van der Waals surface area contributed by atoms with E-state index in [1.54, 1.807) is 7.11 Å². The highest BCUT2D eigenvalue weighted by molar-refractivity contribution is 9.10. The number of halogens is 1. The maximum atomic E-state index is 5.38. The third-order valence-corrected chi connectivity index (χ3v) is 3.90. The monoisotopic (exact) mass is 312 g/mol. The van der Waals surface area contributed by atoms with E-state index in [1.807, 2.05) is 12.1 Å². The Labute approximate surface area is 117 Å². The van der Waals surface area contributed by atoms with Crippen LogP contribution in [0.2, 0.25) is 0 Å². The van der Waals surface area contributed by atoms with Gasteiger partial charge in [-0.15, -0.1) is 0 Å². The molecule has 1 aromatic rings. The number of ether oxygens (including phenoxy) is 1. The van der Waals surface area contributed by atoms with Crippen LogP contribution < -0.4 is 15.4 Å². The van der Waals surface area contributed by atoms with Crippen LogP contribution in [0.5, 0.6) is 5.75 Å². The minimum atomic E-state index is 0.249. The molecule has 1 aliphatic heterocycles. The van der Waals surface area contributed by atoms with E-state index in [0.717, 1.165) is 29.7 Å². The molecule has 18 heavy (non-hydrogen) atoms. The molecule has 1 aromatic carbocycles. The molecule has 1 aliphatic rings. The zero-order valence-corrected chi connectivity index (χ0v) is 12.8. The number of hydrogen-bond acceptors (Lipinski definition) is 3. The third kappa shape index (κ3) is 3.46. The highest BCUT2D eigenvalue weighted by Crippen LogP contribution is 2.24. The number of rotatable bonds is 4. The molecule has 0 aliphatic carbocycles. The topological polar surface area (TPSA) is 33.3 Å². The molecule has 1 fully saturated rings. The Morgan fingerprint density at radius 1 is 1.50 bits per heavy atom. The van der Waals surface area contributed by atoms with Crippen LogP contribution in [0, 0.1) is 0 Å². The van der Waals surface area contributed by atoms with E-state index in [9.17, 15) is 0 Å². The van der Waals surface area contributed by atoms with Gasteiger partial charge in [0.2, 0.25) is 0 Å². The Morgan fingerprint density at radius 2 is 2.28 bits per heavy atom. The summed E-state index contributed by atoms with van der Waals surface area (Å²) in [5.41, 5.74) is 1.44. The zero-order chi connectivity index (χ0) is 13.2. The number of hydrogen-bond donors (Lipinski definition) is 2. The molecule has 2 rings (SSSR count). The van der Waals surface area contributed by atoms with Crippen LogP contribution in [0.25, 0.3) is 0 Å². The van der Waals surface area contributed by atoms with Crippen molar-refractivity contribution in [2.75, 3.05) is 13.7 Å². The molecular weight excluding hydrogens is 292 g/mol. The molecule has 2 N–H and O–H groups in total. The summed E-state index contributed by atoms with van der Waals surface area (Å²) >= 11 is 3.50. The van der Waals surface area contributed by atoms with E-state index in [4.69, 9.17) is 4.74 Å². The second kappa shape index (κ2) is 5.59. The predicted molar refractivity (Wildman–Crippen MR) is 78.0 cm³/mol. The smallest absolute Gasteiger partial charge is 0.123 e. The van der Waals surface area contributed by atoms with Crippen molar-refractivity contribution in [3.05, 3.63) is 28.2 Å². The van der Waals surface area contributed by atoms with Crippen LogP contribution in [-0.2, 0) is 6.54 Å². The van der Waals surface area contributed by atoms with E-state index >= 15 is 0 Å². The van der Waals surface area contributed by atoms with Crippen molar-refractivity contribution >= 4 is 15.9 Å². The lowest BCUT2D eigenvalue weighted by molar-refractivity contribution is 0.403. The fourth-order valence-corrected chi connectivity index (χ4v) is 2.85. The largest absolute Gasteiger partial charge is 0.496 e. The maximum Gasteiger partial charge on any atom is 0.123 e. The number of benzene rings is 1. The molecule has 1 atom stereocenters. The Bertz CT molecular complexity index is 420. The fourth-order valence-electron chi connectivity index (χ4n) is 2.44. The van der Waals surface area contributed by atoms with E-state index in [0.29, 0.717) is 6.04 Å². The first-order valence-electron chi connectivity index (χ1n) is 6.31. The summed E-state index contributed by atoms with van der Waals surface area (Å²) in [5.74, 6) is 0.941. The quantitative estimate of drug-likeness (QED) is 0.897. The van der Waals surface area contributed by atoms with Gasteiger partial charge in [0.05, 0.1) is 7.11 Å². The molecule has 1 heterocycles. The van der Waals surface area contributed by atoms with Crippen LogP contribution in [0.1, 0.15) is 25.8 Å². The molecule has 4 heteroatoms. The lowest BCUT2D eigenvalue weighted by atomic mass is 10.0. The van der Waals surface area contributed by atoms with Gasteiger partial charge in [-0.3, -0.25) is 0 Å². The van der Waals surface area contributed by atoms with Crippen molar-refractivity contribution in [2.45, 2.75) is 38.4 Å².